The first-order valence-corrected chi connectivity index (χ1v) is 3.99. The molecule has 0 N–H and O–H groups in total. The monoisotopic (exact) mass is 147 g/mol. The molecule has 0 aliphatic rings. The predicted octanol–water partition coefficient (Wildman–Crippen LogP) is 0.555. The molecule has 0 radical (unpaired) electrons. The zero-order chi connectivity index (χ0) is 6.97. The van der Waals surface area contributed by atoms with Crippen molar-refractivity contribution in [2.75, 3.05) is 0 Å². The van der Waals surface area contributed by atoms with Gasteiger partial charge in [0.2, 0.25) is 0 Å². The largest absolute Gasteiger partial charge is 0.255 e. The number of aromatic nitrogens is 1. The van der Waals surface area contributed by atoms with E-state index in [-0.39, 0.29) is 0 Å². The van der Waals surface area contributed by atoms with E-state index in [1.54, 1.807) is 11.3 Å². The maximum atomic E-state index is 4.21. The molecule has 1 nitrogen and oxygen atoms in total. The molecule has 0 saturated carbocycles. The van der Waals surface area contributed by atoms with Crippen molar-refractivity contribution >= 4 is 34.2 Å². The SMILES string of the molecule is Bc1cc2ncccc2s1. The van der Waals surface area contributed by atoms with Crippen molar-refractivity contribution < 1.29 is 0 Å². The van der Waals surface area contributed by atoms with E-state index in [2.05, 4.69) is 25.0 Å². The molecule has 2 aromatic rings. The highest BCUT2D eigenvalue weighted by atomic mass is 32.1. The van der Waals surface area contributed by atoms with Crippen LogP contribution in [0.5, 0.6) is 0 Å². The maximum Gasteiger partial charge on any atom is 0.152 e. The molecule has 3 heteroatoms. The number of rotatable bonds is 0. The topological polar surface area (TPSA) is 12.9 Å². The molecule has 0 bridgehead atoms. The van der Waals surface area contributed by atoms with Crippen molar-refractivity contribution in [3.05, 3.63) is 24.4 Å². The van der Waals surface area contributed by atoms with Gasteiger partial charge in [0.25, 0.3) is 0 Å². The van der Waals surface area contributed by atoms with Crippen LogP contribution >= 0.6 is 11.3 Å². The lowest BCUT2D eigenvalue weighted by Crippen LogP contribution is -1.88. The summed E-state index contributed by atoms with van der Waals surface area (Å²) in [6, 6.07) is 6.18. The lowest BCUT2D eigenvalue weighted by Gasteiger charge is -1.81. The molecule has 0 aliphatic heterocycles. The molecule has 2 heterocycles. The Morgan fingerprint density at radius 2 is 2.40 bits per heavy atom. The van der Waals surface area contributed by atoms with Crippen LogP contribution in [0.3, 0.4) is 0 Å². The normalized spacial score (nSPS) is 10.4. The number of hydrogen-bond acceptors (Lipinski definition) is 2. The van der Waals surface area contributed by atoms with Crippen molar-refractivity contribution in [1.82, 2.24) is 4.98 Å². The average molecular weight is 147 g/mol. The Hall–Kier alpha value is -0.825. The third-order valence-corrected chi connectivity index (χ3v) is 2.42. The van der Waals surface area contributed by atoms with Crippen molar-refractivity contribution in [1.29, 1.82) is 0 Å². The van der Waals surface area contributed by atoms with E-state index in [0.29, 0.717) is 0 Å². The third kappa shape index (κ3) is 0.828. The van der Waals surface area contributed by atoms with Crippen LogP contribution in [-0.4, -0.2) is 12.8 Å². The standard InChI is InChI=1S/C7H6BNS/c8-7-4-5-6(10-7)2-1-3-9-5/h1-4H,8H2. The quantitative estimate of drug-likeness (QED) is 0.496. The minimum absolute atomic E-state index is 1.12. The molecule has 48 valence electrons. The van der Waals surface area contributed by atoms with Gasteiger partial charge in [0, 0.05) is 6.20 Å². The van der Waals surface area contributed by atoms with Crippen LogP contribution < -0.4 is 4.78 Å². The summed E-state index contributed by atoms with van der Waals surface area (Å²) in [5.74, 6) is 0. The van der Waals surface area contributed by atoms with E-state index < -0.39 is 0 Å². The fraction of sp³-hybridized carbons (Fsp3) is 0. The molecule has 2 aromatic heterocycles. The zero-order valence-electron chi connectivity index (χ0n) is 5.66. The molecule has 2 rings (SSSR count). The van der Waals surface area contributed by atoms with Crippen molar-refractivity contribution in [2.45, 2.75) is 0 Å². The predicted molar refractivity (Wildman–Crippen MR) is 47.8 cm³/mol. The Bertz CT molecular complexity index is 322. The molecule has 0 saturated heterocycles. The molecule has 0 unspecified atom stereocenters. The smallest absolute Gasteiger partial charge is 0.152 e. The van der Waals surface area contributed by atoms with E-state index in [4.69, 9.17) is 0 Å². The average Bonchev–Trinajstić information content (AvgIpc) is 2.27. The molecular formula is C7H6BNS. The van der Waals surface area contributed by atoms with Gasteiger partial charge in [0.1, 0.15) is 0 Å². The van der Waals surface area contributed by atoms with Gasteiger partial charge in [-0.15, -0.1) is 11.3 Å². The van der Waals surface area contributed by atoms with E-state index >= 15 is 0 Å². The third-order valence-electron chi connectivity index (χ3n) is 1.41. The van der Waals surface area contributed by atoms with Gasteiger partial charge in [0.05, 0.1) is 10.2 Å². The number of hydrogen-bond donors (Lipinski definition) is 0. The molecule has 0 amide bonds. The van der Waals surface area contributed by atoms with E-state index in [0.717, 1.165) is 5.52 Å². The van der Waals surface area contributed by atoms with Gasteiger partial charge in [-0.25, -0.2) is 0 Å². The lowest BCUT2D eigenvalue weighted by atomic mass is 10.1. The highest BCUT2D eigenvalue weighted by Crippen LogP contribution is 2.14. The van der Waals surface area contributed by atoms with Gasteiger partial charge in [0.15, 0.2) is 7.85 Å². The fourth-order valence-corrected chi connectivity index (χ4v) is 1.87. The van der Waals surface area contributed by atoms with Gasteiger partial charge >= 0.3 is 0 Å². The Kier molecular flexibility index (Phi) is 1.24. The Balaban J connectivity index is 2.88. The molecule has 0 spiro atoms. The number of thiophene rings is 1. The number of fused-ring (bicyclic) bond motifs is 1. The van der Waals surface area contributed by atoms with Gasteiger partial charge in [-0.2, -0.15) is 0 Å². The van der Waals surface area contributed by atoms with Gasteiger partial charge in [-0.1, -0.05) is 0 Å². The van der Waals surface area contributed by atoms with Crippen LogP contribution in [0.15, 0.2) is 24.4 Å². The Labute approximate surface area is 64.1 Å². The van der Waals surface area contributed by atoms with E-state index in [1.165, 1.54) is 9.48 Å². The van der Waals surface area contributed by atoms with Crippen LogP contribution in [0.2, 0.25) is 0 Å². The molecule has 0 atom stereocenters. The molecule has 0 aliphatic carbocycles. The van der Waals surface area contributed by atoms with Crippen LogP contribution in [0.25, 0.3) is 10.2 Å². The van der Waals surface area contributed by atoms with Crippen LogP contribution in [0.4, 0.5) is 0 Å². The van der Waals surface area contributed by atoms with Crippen LogP contribution in [0, 0.1) is 0 Å². The van der Waals surface area contributed by atoms with E-state index in [9.17, 15) is 0 Å². The molecule has 0 fully saturated rings. The minimum atomic E-state index is 1.12. The lowest BCUT2D eigenvalue weighted by molar-refractivity contribution is 1.43. The highest BCUT2D eigenvalue weighted by molar-refractivity contribution is 7.26. The van der Waals surface area contributed by atoms with E-state index in [1.807, 2.05) is 12.3 Å². The van der Waals surface area contributed by atoms with Gasteiger partial charge < -0.3 is 0 Å². The maximum absolute atomic E-state index is 4.21. The first-order chi connectivity index (χ1) is 4.86. The highest BCUT2D eigenvalue weighted by Gasteiger charge is 1.95. The van der Waals surface area contributed by atoms with Gasteiger partial charge in [-0.3, -0.25) is 4.98 Å². The zero-order valence-corrected chi connectivity index (χ0v) is 6.48. The number of nitrogens with zero attached hydrogens (tertiary/aromatic N) is 1. The molecule has 10 heavy (non-hydrogen) atoms. The second-order valence-electron chi connectivity index (χ2n) is 2.24. The first-order valence-electron chi connectivity index (χ1n) is 3.17. The summed E-state index contributed by atoms with van der Waals surface area (Å²) in [4.78, 5) is 4.21. The number of pyridine rings is 1. The van der Waals surface area contributed by atoms with Crippen molar-refractivity contribution in [2.24, 2.45) is 0 Å². The summed E-state index contributed by atoms with van der Waals surface area (Å²) < 4.78 is 2.61. The van der Waals surface area contributed by atoms with Crippen molar-refractivity contribution in [3.63, 3.8) is 0 Å². The fourth-order valence-electron chi connectivity index (χ4n) is 0.993. The second kappa shape index (κ2) is 2.09. The summed E-state index contributed by atoms with van der Waals surface area (Å²) in [5, 5.41) is 0. The molecule has 0 aromatic carbocycles. The van der Waals surface area contributed by atoms with Gasteiger partial charge in [-0.05, 0) is 23.0 Å². The Morgan fingerprint density at radius 1 is 1.50 bits per heavy atom. The summed E-state index contributed by atoms with van der Waals surface area (Å²) >= 11 is 1.79. The summed E-state index contributed by atoms with van der Waals surface area (Å²) in [7, 11) is 2.10. The molecular weight excluding hydrogens is 141 g/mol. The van der Waals surface area contributed by atoms with Crippen molar-refractivity contribution in [3.8, 4) is 0 Å². The van der Waals surface area contributed by atoms with Crippen LogP contribution in [-0.2, 0) is 0 Å². The van der Waals surface area contributed by atoms with Crippen LogP contribution in [0.1, 0.15) is 0 Å². The second-order valence-corrected chi connectivity index (χ2v) is 3.53. The minimum Gasteiger partial charge on any atom is -0.255 e. The summed E-state index contributed by atoms with van der Waals surface area (Å²) in [6.45, 7) is 0. The summed E-state index contributed by atoms with van der Waals surface area (Å²) in [5.41, 5.74) is 1.12. The first kappa shape index (κ1) is 5.92. The summed E-state index contributed by atoms with van der Waals surface area (Å²) in [6.07, 6.45) is 1.83. The Morgan fingerprint density at radius 3 is 3.20 bits per heavy atom.